The van der Waals surface area contributed by atoms with Gasteiger partial charge in [0.15, 0.2) is 11.0 Å². The van der Waals surface area contributed by atoms with E-state index in [0.717, 1.165) is 0 Å². The summed E-state index contributed by atoms with van der Waals surface area (Å²) in [6.07, 6.45) is 0.215. The number of hydrogen-bond acceptors (Lipinski definition) is 5. The average Bonchev–Trinajstić information content (AvgIpc) is 2.19. The molecule has 0 radical (unpaired) electrons. The zero-order chi connectivity index (χ0) is 11.4. The van der Waals surface area contributed by atoms with E-state index in [1.807, 2.05) is 6.92 Å². The van der Waals surface area contributed by atoms with Crippen LogP contribution in [0, 0.1) is 0 Å². The van der Waals surface area contributed by atoms with Gasteiger partial charge >= 0.3 is 0 Å². The summed E-state index contributed by atoms with van der Waals surface area (Å²) in [5.41, 5.74) is 6.01. The second-order valence-corrected chi connectivity index (χ2v) is 3.63. The fourth-order valence-corrected chi connectivity index (χ4v) is 1.21. The van der Waals surface area contributed by atoms with Gasteiger partial charge < -0.3 is 16.2 Å². The van der Waals surface area contributed by atoms with E-state index in [1.165, 1.54) is 0 Å². The number of halogens is 1. The van der Waals surface area contributed by atoms with Crippen LogP contribution in [-0.4, -0.2) is 27.7 Å². The van der Waals surface area contributed by atoms with Gasteiger partial charge in [0.2, 0.25) is 0 Å². The molecule has 0 aliphatic heterocycles. The fraction of sp³-hybridized carbons (Fsp3) is 0.556. The second kappa shape index (κ2) is 5.14. The van der Waals surface area contributed by atoms with Crippen LogP contribution in [-0.2, 0) is 6.42 Å². The number of aryl methyl sites for hydroxylation is 1. The number of nitrogens with two attached hydrogens (primary N) is 1. The molecule has 0 saturated carbocycles. The molecule has 1 heterocycles. The molecule has 0 aliphatic rings. The van der Waals surface area contributed by atoms with Crippen LogP contribution in [0.5, 0.6) is 0 Å². The van der Waals surface area contributed by atoms with Crippen molar-refractivity contribution < 1.29 is 5.11 Å². The Bertz CT molecular complexity index is 343. The molecular formula is C9H15ClN4O. The Hall–Kier alpha value is -1.07. The number of nitrogen functional groups attached to an aromatic ring is 1. The molecule has 0 spiro atoms. The number of aliphatic hydroxyl groups is 1. The maximum Gasteiger partial charge on any atom is 0.157 e. The van der Waals surface area contributed by atoms with E-state index < -0.39 is 6.10 Å². The lowest BCUT2D eigenvalue weighted by atomic mass is 10.3. The lowest BCUT2D eigenvalue weighted by molar-refractivity contribution is 0.208. The minimum atomic E-state index is -0.469. The third kappa shape index (κ3) is 3.21. The molecule has 4 N–H and O–H groups in total. The van der Waals surface area contributed by atoms with Gasteiger partial charge in [-0.1, -0.05) is 18.5 Å². The number of anilines is 2. The number of nitrogens with zero attached hydrogens (tertiary/aromatic N) is 2. The Balaban J connectivity index is 2.90. The molecular weight excluding hydrogens is 216 g/mol. The molecule has 6 heteroatoms. The summed E-state index contributed by atoms with van der Waals surface area (Å²) in [6, 6.07) is 0. The number of aromatic nitrogens is 2. The largest absolute Gasteiger partial charge is 0.393 e. The van der Waals surface area contributed by atoms with Gasteiger partial charge in [0, 0.05) is 13.0 Å². The van der Waals surface area contributed by atoms with E-state index in [2.05, 4.69) is 15.3 Å². The van der Waals surface area contributed by atoms with E-state index in [4.69, 9.17) is 22.4 Å². The molecule has 0 fully saturated rings. The van der Waals surface area contributed by atoms with Gasteiger partial charge in [-0.25, -0.2) is 9.97 Å². The summed E-state index contributed by atoms with van der Waals surface area (Å²) in [4.78, 5) is 8.19. The Morgan fingerprint density at radius 2 is 2.20 bits per heavy atom. The molecule has 1 aromatic heterocycles. The SMILES string of the molecule is CCc1nc(Cl)c(N)c(NCC(C)O)n1. The van der Waals surface area contributed by atoms with Gasteiger partial charge in [0.05, 0.1) is 6.10 Å². The molecule has 1 aromatic rings. The Labute approximate surface area is 93.7 Å². The zero-order valence-electron chi connectivity index (χ0n) is 8.79. The van der Waals surface area contributed by atoms with E-state index in [-0.39, 0.29) is 5.15 Å². The van der Waals surface area contributed by atoms with Crippen LogP contribution in [0.25, 0.3) is 0 Å². The van der Waals surface area contributed by atoms with Crippen LogP contribution in [0.2, 0.25) is 5.15 Å². The minimum Gasteiger partial charge on any atom is -0.393 e. The molecule has 1 unspecified atom stereocenters. The van der Waals surface area contributed by atoms with Crippen molar-refractivity contribution in [2.75, 3.05) is 17.6 Å². The van der Waals surface area contributed by atoms with Crippen molar-refractivity contribution in [1.82, 2.24) is 9.97 Å². The van der Waals surface area contributed by atoms with Crippen LogP contribution < -0.4 is 11.1 Å². The van der Waals surface area contributed by atoms with Crippen molar-refractivity contribution in [3.05, 3.63) is 11.0 Å². The standard InChI is InChI=1S/C9H15ClN4O/c1-3-6-13-8(10)7(11)9(14-6)12-4-5(2)15/h5,15H,3-4,11H2,1-2H3,(H,12,13,14). The van der Waals surface area contributed by atoms with Crippen molar-refractivity contribution in [3.8, 4) is 0 Å². The van der Waals surface area contributed by atoms with E-state index in [0.29, 0.717) is 30.3 Å². The number of hydrogen-bond donors (Lipinski definition) is 3. The maximum atomic E-state index is 9.12. The predicted molar refractivity (Wildman–Crippen MR) is 61.0 cm³/mol. The van der Waals surface area contributed by atoms with Gasteiger partial charge in [0.1, 0.15) is 11.5 Å². The van der Waals surface area contributed by atoms with Gasteiger partial charge in [-0.2, -0.15) is 0 Å². The smallest absolute Gasteiger partial charge is 0.157 e. The van der Waals surface area contributed by atoms with Gasteiger partial charge in [-0.15, -0.1) is 0 Å². The first kappa shape index (κ1) is 12.0. The van der Waals surface area contributed by atoms with Crippen LogP contribution in [0.4, 0.5) is 11.5 Å². The summed E-state index contributed by atoms with van der Waals surface area (Å²) in [5, 5.41) is 12.3. The minimum absolute atomic E-state index is 0.245. The van der Waals surface area contributed by atoms with Crippen LogP contribution in [0.3, 0.4) is 0 Å². The monoisotopic (exact) mass is 230 g/mol. The summed E-state index contributed by atoms with van der Waals surface area (Å²) < 4.78 is 0. The van der Waals surface area contributed by atoms with Crippen molar-refractivity contribution in [3.63, 3.8) is 0 Å². The fourth-order valence-electron chi connectivity index (χ4n) is 1.02. The number of rotatable bonds is 4. The summed E-state index contributed by atoms with van der Waals surface area (Å²) in [6.45, 7) is 3.98. The van der Waals surface area contributed by atoms with Gasteiger partial charge in [0.25, 0.3) is 0 Å². The van der Waals surface area contributed by atoms with E-state index in [9.17, 15) is 0 Å². The molecule has 0 aliphatic carbocycles. The molecule has 0 saturated heterocycles. The highest BCUT2D eigenvalue weighted by Gasteiger charge is 2.09. The molecule has 15 heavy (non-hydrogen) atoms. The Kier molecular flexibility index (Phi) is 4.11. The quantitative estimate of drug-likeness (QED) is 0.674. The predicted octanol–water partition coefficient (Wildman–Crippen LogP) is 1.07. The zero-order valence-corrected chi connectivity index (χ0v) is 9.54. The molecule has 84 valence electrons. The van der Waals surface area contributed by atoms with Crippen molar-refractivity contribution in [2.45, 2.75) is 26.4 Å². The highest BCUT2D eigenvalue weighted by Crippen LogP contribution is 2.23. The highest BCUT2D eigenvalue weighted by molar-refractivity contribution is 6.32. The van der Waals surface area contributed by atoms with Gasteiger partial charge in [-0.05, 0) is 6.92 Å². The lowest BCUT2D eigenvalue weighted by Crippen LogP contribution is -2.18. The molecule has 5 nitrogen and oxygen atoms in total. The highest BCUT2D eigenvalue weighted by atomic mass is 35.5. The lowest BCUT2D eigenvalue weighted by Gasteiger charge is -2.11. The average molecular weight is 231 g/mol. The maximum absolute atomic E-state index is 9.12. The number of nitrogens with one attached hydrogen (secondary N) is 1. The first-order chi connectivity index (χ1) is 7.04. The van der Waals surface area contributed by atoms with Crippen LogP contribution in [0.1, 0.15) is 19.7 Å². The molecule has 0 aromatic carbocycles. The van der Waals surface area contributed by atoms with E-state index in [1.54, 1.807) is 6.92 Å². The third-order valence-electron chi connectivity index (χ3n) is 1.83. The van der Waals surface area contributed by atoms with E-state index >= 15 is 0 Å². The molecule has 1 rings (SSSR count). The molecule has 0 amide bonds. The number of aliphatic hydroxyl groups excluding tert-OH is 1. The first-order valence-electron chi connectivity index (χ1n) is 4.78. The van der Waals surface area contributed by atoms with Crippen LogP contribution in [0.15, 0.2) is 0 Å². The Morgan fingerprint density at radius 1 is 1.53 bits per heavy atom. The van der Waals surface area contributed by atoms with Crippen molar-refractivity contribution >= 4 is 23.1 Å². The molecule has 0 bridgehead atoms. The Morgan fingerprint density at radius 3 is 2.73 bits per heavy atom. The summed E-state index contributed by atoms with van der Waals surface area (Å²) in [7, 11) is 0. The summed E-state index contributed by atoms with van der Waals surface area (Å²) in [5.74, 6) is 1.11. The third-order valence-corrected chi connectivity index (χ3v) is 2.11. The summed E-state index contributed by atoms with van der Waals surface area (Å²) >= 11 is 5.83. The first-order valence-corrected chi connectivity index (χ1v) is 5.16. The van der Waals surface area contributed by atoms with Gasteiger partial charge in [-0.3, -0.25) is 0 Å². The molecule has 1 atom stereocenters. The topological polar surface area (TPSA) is 84.1 Å². The van der Waals surface area contributed by atoms with Crippen molar-refractivity contribution in [1.29, 1.82) is 0 Å². The second-order valence-electron chi connectivity index (χ2n) is 3.28. The van der Waals surface area contributed by atoms with Crippen molar-refractivity contribution in [2.24, 2.45) is 0 Å². The normalized spacial score (nSPS) is 12.5. The van der Waals surface area contributed by atoms with Crippen LogP contribution >= 0.6 is 11.6 Å².